The highest BCUT2D eigenvalue weighted by Gasteiger charge is 2.13. The zero-order chi connectivity index (χ0) is 17.3. The molecular formula is C22H15N3O. The molecule has 0 bridgehead atoms. The molecule has 3 aromatic heterocycles. The van der Waals surface area contributed by atoms with Crippen molar-refractivity contribution in [3.8, 4) is 17.4 Å². The zero-order valence-electron chi connectivity index (χ0n) is 13.9. The lowest BCUT2D eigenvalue weighted by atomic mass is 10.1. The maximum Gasteiger partial charge on any atom is 0.219 e. The lowest BCUT2D eigenvalue weighted by Gasteiger charge is -2.08. The molecule has 4 nitrogen and oxygen atoms in total. The molecule has 26 heavy (non-hydrogen) atoms. The van der Waals surface area contributed by atoms with Crippen molar-refractivity contribution in [2.45, 2.75) is 0 Å². The normalized spacial score (nSPS) is 11.1. The number of hydrogen-bond acceptors (Lipinski definition) is 3. The third kappa shape index (κ3) is 2.40. The Hall–Kier alpha value is -3.66. The molecule has 0 fully saturated rings. The van der Waals surface area contributed by atoms with Gasteiger partial charge in [-0.1, -0.05) is 30.3 Å². The number of pyridine rings is 2. The van der Waals surface area contributed by atoms with E-state index in [2.05, 4.69) is 38.8 Å². The van der Waals surface area contributed by atoms with Gasteiger partial charge >= 0.3 is 0 Å². The summed E-state index contributed by atoms with van der Waals surface area (Å²) in [6, 6.07) is 26.0. The molecule has 0 atom stereocenters. The second kappa shape index (κ2) is 6.01. The van der Waals surface area contributed by atoms with Crippen molar-refractivity contribution >= 4 is 21.8 Å². The van der Waals surface area contributed by atoms with E-state index < -0.39 is 0 Å². The Labute approximate surface area is 150 Å². The molecule has 0 aliphatic heterocycles. The van der Waals surface area contributed by atoms with Gasteiger partial charge in [0.1, 0.15) is 11.6 Å². The van der Waals surface area contributed by atoms with Gasteiger partial charge in [0, 0.05) is 35.3 Å². The molecule has 0 N–H and O–H groups in total. The van der Waals surface area contributed by atoms with Crippen LogP contribution in [0.2, 0.25) is 0 Å². The first-order chi connectivity index (χ1) is 12.9. The van der Waals surface area contributed by atoms with Gasteiger partial charge in [0.25, 0.3) is 0 Å². The van der Waals surface area contributed by atoms with Gasteiger partial charge in [-0.05, 0) is 36.4 Å². The highest BCUT2D eigenvalue weighted by Crippen LogP contribution is 2.34. The fraction of sp³-hybridized carbons (Fsp3) is 0. The van der Waals surface area contributed by atoms with Gasteiger partial charge in [-0.15, -0.1) is 0 Å². The molecule has 0 radical (unpaired) electrons. The van der Waals surface area contributed by atoms with Gasteiger partial charge in [-0.25, -0.2) is 9.97 Å². The van der Waals surface area contributed by atoms with Crippen LogP contribution in [0.25, 0.3) is 27.6 Å². The molecule has 0 saturated carbocycles. The van der Waals surface area contributed by atoms with Crippen LogP contribution in [0.3, 0.4) is 0 Å². The topological polar surface area (TPSA) is 39.9 Å². The summed E-state index contributed by atoms with van der Waals surface area (Å²) in [4.78, 5) is 8.78. The van der Waals surface area contributed by atoms with E-state index in [4.69, 9.17) is 4.74 Å². The van der Waals surface area contributed by atoms with E-state index in [9.17, 15) is 0 Å². The van der Waals surface area contributed by atoms with Gasteiger partial charge in [-0.3, -0.25) is 4.57 Å². The monoisotopic (exact) mass is 337 g/mol. The first-order valence-electron chi connectivity index (χ1n) is 8.44. The first kappa shape index (κ1) is 14.7. The molecule has 0 aliphatic carbocycles. The van der Waals surface area contributed by atoms with Gasteiger partial charge in [0.15, 0.2) is 0 Å². The Morgan fingerprint density at radius 1 is 0.654 bits per heavy atom. The van der Waals surface area contributed by atoms with Crippen LogP contribution in [-0.4, -0.2) is 14.5 Å². The van der Waals surface area contributed by atoms with E-state index in [0.29, 0.717) is 5.88 Å². The molecule has 4 heteroatoms. The first-order valence-corrected chi connectivity index (χ1v) is 8.44. The van der Waals surface area contributed by atoms with E-state index >= 15 is 0 Å². The van der Waals surface area contributed by atoms with Crippen molar-refractivity contribution in [2.75, 3.05) is 0 Å². The highest BCUT2D eigenvalue weighted by molar-refractivity contribution is 6.09. The predicted octanol–water partition coefficient (Wildman–Crippen LogP) is 5.37. The summed E-state index contributed by atoms with van der Waals surface area (Å²) >= 11 is 0. The molecule has 0 aliphatic rings. The Morgan fingerprint density at radius 2 is 1.42 bits per heavy atom. The van der Waals surface area contributed by atoms with E-state index in [-0.39, 0.29) is 0 Å². The molecule has 124 valence electrons. The number of benzene rings is 2. The summed E-state index contributed by atoms with van der Waals surface area (Å²) in [6.07, 6.45) is 3.53. The van der Waals surface area contributed by atoms with Crippen LogP contribution in [0.4, 0.5) is 0 Å². The van der Waals surface area contributed by atoms with Crippen LogP contribution in [0.1, 0.15) is 0 Å². The second-order valence-electron chi connectivity index (χ2n) is 5.99. The Balaban J connectivity index is 1.75. The standard InChI is InChI=1S/C22H15N3O/c1-2-8-19-17(7-1)18-12-11-16(26-22-10-4-6-14-24-22)15-20(18)25(19)21-9-3-5-13-23-21/h1-15H. The van der Waals surface area contributed by atoms with Crippen molar-refractivity contribution in [1.29, 1.82) is 0 Å². The number of aromatic nitrogens is 3. The molecule has 0 saturated heterocycles. The third-order valence-electron chi connectivity index (χ3n) is 4.38. The largest absolute Gasteiger partial charge is 0.439 e. The minimum Gasteiger partial charge on any atom is -0.439 e. The minimum absolute atomic E-state index is 0.576. The van der Waals surface area contributed by atoms with Crippen LogP contribution >= 0.6 is 0 Å². The molecule has 5 rings (SSSR count). The number of hydrogen-bond donors (Lipinski definition) is 0. The summed E-state index contributed by atoms with van der Waals surface area (Å²) < 4.78 is 8.09. The second-order valence-corrected chi connectivity index (χ2v) is 5.99. The smallest absolute Gasteiger partial charge is 0.219 e. The van der Waals surface area contributed by atoms with Crippen LogP contribution in [-0.2, 0) is 0 Å². The van der Waals surface area contributed by atoms with Gasteiger partial charge in [-0.2, -0.15) is 0 Å². The van der Waals surface area contributed by atoms with E-state index in [1.165, 1.54) is 10.8 Å². The van der Waals surface area contributed by atoms with E-state index in [1.807, 2.05) is 60.8 Å². The van der Waals surface area contributed by atoms with E-state index in [0.717, 1.165) is 22.6 Å². The summed E-state index contributed by atoms with van der Waals surface area (Å²) in [5.74, 6) is 2.21. The number of para-hydroxylation sites is 1. The molecule has 3 heterocycles. The molecule has 5 aromatic rings. The Morgan fingerprint density at radius 3 is 2.23 bits per heavy atom. The average Bonchev–Trinajstić information content (AvgIpc) is 3.03. The summed E-state index contributed by atoms with van der Waals surface area (Å²) in [7, 11) is 0. The minimum atomic E-state index is 0.576. The maximum absolute atomic E-state index is 5.93. The summed E-state index contributed by atoms with van der Waals surface area (Å²) in [5, 5.41) is 2.36. The highest BCUT2D eigenvalue weighted by atomic mass is 16.5. The predicted molar refractivity (Wildman–Crippen MR) is 103 cm³/mol. The van der Waals surface area contributed by atoms with Crippen molar-refractivity contribution < 1.29 is 4.74 Å². The summed E-state index contributed by atoms with van der Waals surface area (Å²) in [6.45, 7) is 0. The number of nitrogens with zero attached hydrogens (tertiary/aromatic N) is 3. The van der Waals surface area contributed by atoms with E-state index in [1.54, 1.807) is 6.20 Å². The molecular weight excluding hydrogens is 322 g/mol. The number of fused-ring (bicyclic) bond motifs is 3. The maximum atomic E-state index is 5.93. The van der Waals surface area contributed by atoms with Crippen molar-refractivity contribution in [3.63, 3.8) is 0 Å². The Kier molecular flexibility index (Phi) is 3.39. The van der Waals surface area contributed by atoms with Crippen LogP contribution < -0.4 is 4.74 Å². The Bertz CT molecular complexity index is 1200. The SMILES string of the molecule is c1ccc(Oc2ccc3c4ccccc4n(-c4ccccn4)c3c2)nc1. The number of rotatable bonds is 3. The van der Waals surface area contributed by atoms with Crippen LogP contribution in [0, 0.1) is 0 Å². The molecule has 0 spiro atoms. The summed E-state index contributed by atoms with van der Waals surface area (Å²) in [5.41, 5.74) is 2.18. The lowest BCUT2D eigenvalue weighted by Crippen LogP contribution is -1.96. The van der Waals surface area contributed by atoms with Crippen molar-refractivity contribution in [2.24, 2.45) is 0 Å². The third-order valence-corrected chi connectivity index (χ3v) is 4.38. The number of ether oxygens (including phenoxy) is 1. The van der Waals surface area contributed by atoms with Crippen molar-refractivity contribution in [1.82, 2.24) is 14.5 Å². The van der Waals surface area contributed by atoms with Gasteiger partial charge in [0.2, 0.25) is 5.88 Å². The average molecular weight is 337 g/mol. The van der Waals surface area contributed by atoms with Gasteiger partial charge < -0.3 is 4.74 Å². The fourth-order valence-electron chi connectivity index (χ4n) is 3.27. The zero-order valence-corrected chi connectivity index (χ0v) is 13.9. The molecule has 0 unspecified atom stereocenters. The molecule has 2 aromatic carbocycles. The fourth-order valence-corrected chi connectivity index (χ4v) is 3.27. The van der Waals surface area contributed by atoms with Crippen LogP contribution in [0.15, 0.2) is 91.3 Å². The quantitative estimate of drug-likeness (QED) is 0.444. The van der Waals surface area contributed by atoms with Crippen LogP contribution in [0.5, 0.6) is 11.6 Å². The lowest BCUT2D eigenvalue weighted by molar-refractivity contribution is 0.463. The van der Waals surface area contributed by atoms with Crippen molar-refractivity contribution in [3.05, 3.63) is 91.3 Å². The molecule has 0 amide bonds. The van der Waals surface area contributed by atoms with Gasteiger partial charge in [0.05, 0.1) is 11.0 Å².